The van der Waals surface area contributed by atoms with Gasteiger partial charge in [-0.15, -0.1) is 0 Å². The Morgan fingerprint density at radius 1 is 1.12 bits per heavy atom. The molecule has 5 heteroatoms. The van der Waals surface area contributed by atoms with Crippen molar-refractivity contribution in [3.05, 3.63) is 53.6 Å². The van der Waals surface area contributed by atoms with Crippen molar-refractivity contribution in [3.8, 4) is 5.75 Å². The largest absolute Gasteiger partial charge is 0.476 e. The molecule has 1 aliphatic rings. The van der Waals surface area contributed by atoms with Crippen LogP contribution in [0.4, 0.5) is 11.4 Å². The Kier molecular flexibility index (Phi) is 4.25. The third-order valence-corrected chi connectivity index (χ3v) is 4.22. The third kappa shape index (κ3) is 3.11. The second-order valence-electron chi connectivity index (χ2n) is 5.99. The highest BCUT2D eigenvalue weighted by Crippen LogP contribution is 2.33. The first kappa shape index (κ1) is 16.1. The van der Waals surface area contributed by atoms with Gasteiger partial charge in [-0.05, 0) is 49.2 Å². The molecule has 0 spiro atoms. The van der Waals surface area contributed by atoms with E-state index in [-0.39, 0.29) is 18.4 Å². The zero-order chi connectivity index (χ0) is 17.3. The van der Waals surface area contributed by atoms with Crippen molar-refractivity contribution >= 4 is 23.2 Å². The fourth-order valence-electron chi connectivity index (χ4n) is 2.71. The Morgan fingerprint density at radius 3 is 2.58 bits per heavy atom. The average Bonchev–Trinajstić information content (AvgIpc) is 2.57. The number of amides is 2. The molecule has 3 rings (SSSR count). The number of para-hydroxylation sites is 2. The first-order valence-corrected chi connectivity index (χ1v) is 7.87. The highest BCUT2D eigenvalue weighted by atomic mass is 16.5. The summed E-state index contributed by atoms with van der Waals surface area (Å²) < 4.78 is 5.79. The Balaban J connectivity index is 1.81. The van der Waals surface area contributed by atoms with Gasteiger partial charge in [-0.1, -0.05) is 18.2 Å². The molecule has 0 aliphatic carbocycles. The molecule has 0 unspecified atom stereocenters. The highest BCUT2D eigenvalue weighted by molar-refractivity contribution is 5.99. The lowest BCUT2D eigenvalue weighted by Crippen LogP contribution is -2.48. The number of fused-ring (bicyclic) bond motifs is 1. The molecular formula is C19H20N2O3. The van der Waals surface area contributed by atoms with E-state index in [1.807, 2.05) is 50.2 Å². The molecule has 24 heavy (non-hydrogen) atoms. The quantitative estimate of drug-likeness (QED) is 0.923. The van der Waals surface area contributed by atoms with Crippen molar-refractivity contribution < 1.29 is 14.3 Å². The summed E-state index contributed by atoms with van der Waals surface area (Å²) in [5.74, 6) is 0.160. The maximum Gasteiger partial charge on any atom is 0.267 e. The molecule has 1 aliphatic heterocycles. The molecule has 0 aromatic heterocycles. The number of carbonyl (C=O) groups excluding carboxylic acids is 2. The van der Waals surface area contributed by atoms with E-state index in [9.17, 15) is 9.59 Å². The van der Waals surface area contributed by atoms with Gasteiger partial charge in [-0.3, -0.25) is 9.59 Å². The first-order chi connectivity index (χ1) is 11.5. The molecule has 0 saturated heterocycles. The number of carbonyl (C=O) groups is 2. The summed E-state index contributed by atoms with van der Waals surface area (Å²) in [5, 5.41) is 2.87. The van der Waals surface area contributed by atoms with E-state index >= 15 is 0 Å². The number of anilines is 2. The van der Waals surface area contributed by atoms with E-state index in [1.54, 1.807) is 11.0 Å². The van der Waals surface area contributed by atoms with Crippen LogP contribution >= 0.6 is 0 Å². The van der Waals surface area contributed by atoms with Crippen LogP contribution in [-0.4, -0.2) is 24.5 Å². The predicted molar refractivity (Wildman–Crippen MR) is 93.4 cm³/mol. The van der Waals surface area contributed by atoms with Gasteiger partial charge in [0.2, 0.25) is 5.91 Å². The second kappa shape index (κ2) is 6.35. The zero-order valence-electron chi connectivity index (χ0n) is 14.0. The smallest absolute Gasteiger partial charge is 0.267 e. The van der Waals surface area contributed by atoms with Crippen LogP contribution < -0.4 is 15.0 Å². The Bertz CT molecular complexity index is 801. The van der Waals surface area contributed by atoms with Crippen molar-refractivity contribution in [2.45, 2.75) is 26.9 Å². The Morgan fingerprint density at radius 2 is 1.88 bits per heavy atom. The molecule has 124 valence electrons. The van der Waals surface area contributed by atoms with E-state index in [4.69, 9.17) is 4.74 Å². The molecule has 1 atom stereocenters. The van der Waals surface area contributed by atoms with Crippen LogP contribution in [0.5, 0.6) is 5.75 Å². The molecule has 0 saturated carbocycles. The average molecular weight is 324 g/mol. The summed E-state index contributed by atoms with van der Waals surface area (Å²) in [7, 11) is 0. The van der Waals surface area contributed by atoms with E-state index in [0.29, 0.717) is 11.4 Å². The zero-order valence-corrected chi connectivity index (χ0v) is 14.0. The van der Waals surface area contributed by atoms with Gasteiger partial charge in [-0.25, -0.2) is 0 Å². The molecule has 1 heterocycles. The van der Waals surface area contributed by atoms with Gasteiger partial charge in [0.25, 0.3) is 5.91 Å². The fraction of sp³-hybridized carbons (Fsp3) is 0.263. The standard InChI is InChI=1S/C19H20N2O3/c1-12-8-9-15(10-13(12)2)20-19(23)18-11-21(14(3)22)16-6-4-5-7-17(16)24-18/h4-10,18H,11H2,1-3H3,(H,20,23)/t18-/m0/s1. The summed E-state index contributed by atoms with van der Waals surface area (Å²) in [6.07, 6.45) is -0.745. The van der Waals surface area contributed by atoms with Crippen molar-refractivity contribution in [2.75, 3.05) is 16.8 Å². The SMILES string of the molecule is CC(=O)N1C[C@@H](C(=O)Nc2ccc(C)c(C)c2)Oc2ccccc21. The molecular weight excluding hydrogens is 304 g/mol. The Labute approximate surface area is 141 Å². The molecule has 0 radical (unpaired) electrons. The highest BCUT2D eigenvalue weighted by Gasteiger charge is 2.32. The Hall–Kier alpha value is -2.82. The van der Waals surface area contributed by atoms with Crippen LogP contribution in [0.2, 0.25) is 0 Å². The topological polar surface area (TPSA) is 58.6 Å². The maximum absolute atomic E-state index is 12.6. The number of nitrogens with zero attached hydrogens (tertiary/aromatic N) is 1. The molecule has 2 amide bonds. The lowest BCUT2D eigenvalue weighted by Gasteiger charge is -2.33. The predicted octanol–water partition coefficient (Wildman–Crippen LogP) is 3.06. The first-order valence-electron chi connectivity index (χ1n) is 7.87. The number of rotatable bonds is 2. The van der Waals surface area contributed by atoms with Crippen molar-refractivity contribution in [1.82, 2.24) is 0 Å². The summed E-state index contributed by atoms with van der Waals surface area (Å²) in [5.41, 5.74) is 3.69. The van der Waals surface area contributed by atoms with Crippen LogP contribution in [0.25, 0.3) is 0 Å². The molecule has 0 bridgehead atoms. The summed E-state index contributed by atoms with van der Waals surface area (Å²) in [6, 6.07) is 13.0. The lowest BCUT2D eigenvalue weighted by atomic mass is 10.1. The van der Waals surface area contributed by atoms with Gasteiger partial charge in [0.1, 0.15) is 5.75 Å². The van der Waals surface area contributed by atoms with Crippen molar-refractivity contribution in [3.63, 3.8) is 0 Å². The lowest BCUT2D eigenvalue weighted by molar-refractivity contribution is -0.123. The van der Waals surface area contributed by atoms with Crippen molar-refractivity contribution in [2.24, 2.45) is 0 Å². The van der Waals surface area contributed by atoms with Crippen molar-refractivity contribution in [1.29, 1.82) is 0 Å². The van der Waals surface area contributed by atoms with Gasteiger partial charge in [0.15, 0.2) is 6.10 Å². The minimum Gasteiger partial charge on any atom is -0.476 e. The van der Waals surface area contributed by atoms with E-state index in [2.05, 4.69) is 5.32 Å². The number of nitrogens with one attached hydrogen (secondary N) is 1. The van der Waals surface area contributed by atoms with Gasteiger partial charge in [0.05, 0.1) is 12.2 Å². The molecule has 2 aromatic rings. The third-order valence-electron chi connectivity index (χ3n) is 4.22. The van der Waals surface area contributed by atoms with Crippen LogP contribution in [0.1, 0.15) is 18.1 Å². The van der Waals surface area contributed by atoms with Crippen LogP contribution in [-0.2, 0) is 9.59 Å². The normalized spacial score (nSPS) is 16.1. The molecule has 5 nitrogen and oxygen atoms in total. The maximum atomic E-state index is 12.6. The molecule has 0 fully saturated rings. The summed E-state index contributed by atoms with van der Waals surface area (Å²) in [6.45, 7) is 5.70. The summed E-state index contributed by atoms with van der Waals surface area (Å²) in [4.78, 5) is 26.0. The second-order valence-corrected chi connectivity index (χ2v) is 5.99. The minimum atomic E-state index is -0.745. The van der Waals surface area contributed by atoms with E-state index in [0.717, 1.165) is 11.3 Å². The van der Waals surface area contributed by atoms with Gasteiger partial charge >= 0.3 is 0 Å². The van der Waals surface area contributed by atoms with Crippen LogP contribution in [0.15, 0.2) is 42.5 Å². The summed E-state index contributed by atoms with van der Waals surface area (Å²) >= 11 is 0. The fourth-order valence-corrected chi connectivity index (χ4v) is 2.71. The number of hydrogen-bond donors (Lipinski definition) is 1. The van der Waals surface area contributed by atoms with E-state index < -0.39 is 6.10 Å². The number of ether oxygens (including phenoxy) is 1. The van der Waals surface area contributed by atoms with Gasteiger partial charge in [-0.2, -0.15) is 0 Å². The number of aryl methyl sites for hydroxylation is 2. The number of benzene rings is 2. The number of hydrogen-bond acceptors (Lipinski definition) is 3. The molecule has 1 N–H and O–H groups in total. The van der Waals surface area contributed by atoms with Crippen LogP contribution in [0.3, 0.4) is 0 Å². The monoisotopic (exact) mass is 324 g/mol. The van der Waals surface area contributed by atoms with Gasteiger partial charge < -0.3 is 15.0 Å². The van der Waals surface area contributed by atoms with Crippen LogP contribution in [0, 0.1) is 13.8 Å². The van der Waals surface area contributed by atoms with E-state index in [1.165, 1.54) is 12.5 Å². The molecule has 2 aromatic carbocycles. The minimum absolute atomic E-state index is 0.116. The van der Waals surface area contributed by atoms with Gasteiger partial charge in [0, 0.05) is 12.6 Å².